The highest BCUT2D eigenvalue weighted by atomic mass is 16.2. The second-order valence-electron chi connectivity index (χ2n) is 10.8. The van der Waals surface area contributed by atoms with Gasteiger partial charge in [-0.3, -0.25) is 9.59 Å². The molecule has 3 aromatic rings. The van der Waals surface area contributed by atoms with Gasteiger partial charge < -0.3 is 10.2 Å². The quantitative estimate of drug-likeness (QED) is 0.297. The fourth-order valence-corrected chi connectivity index (χ4v) is 4.25. The first kappa shape index (κ1) is 28.2. The van der Waals surface area contributed by atoms with Gasteiger partial charge >= 0.3 is 0 Å². The molecule has 0 aliphatic heterocycles. The van der Waals surface area contributed by atoms with Gasteiger partial charge in [0.05, 0.1) is 11.4 Å². The van der Waals surface area contributed by atoms with Crippen molar-refractivity contribution in [2.24, 2.45) is 0 Å². The lowest BCUT2D eigenvalue weighted by atomic mass is 9.92. The Morgan fingerprint density at radius 2 is 1.70 bits per heavy atom. The molecular weight excluding hydrogens is 460 g/mol. The summed E-state index contributed by atoms with van der Waals surface area (Å²) in [6.07, 6.45) is 5.34. The summed E-state index contributed by atoms with van der Waals surface area (Å²) < 4.78 is 1.77. The Labute approximate surface area is 222 Å². The van der Waals surface area contributed by atoms with Crippen LogP contribution in [0.2, 0.25) is 0 Å². The van der Waals surface area contributed by atoms with Crippen molar-refractivity contribution in [3.05, 3.63) is 77.0 Å². The summed E-state index contributed by atoms with van der Waals surface area (Å²) in [6, 6.07) is 17.8. The highest BCUT2D eigenvalue weighted by Gasteiger charge is 2.23. The smallest absolute Gasteiger partial charge is 0.254 e. The number of aromatic nitrogens is 2. The first-order valence-corrected chi connectivity index (χ1v) is 13.5. The number of nitrogens with one attached hydrogen (secondary N) is 1. The van der Waals surface area contributed by atoms with Crippen molar-refractivity contribution in [3.8, 4) is 5.69 Å². The summed E-state index contributed by atoms with van der Waals surface area (Å²) in [6.45, 7) is 13.0. The zero-order valence-electron chi connectivity index (χ0n) is 23.3. The van der Waals surface area contributed by atoms with E-state index >= 15 is 0 Å². The summed E-state index contributed by atoms with van der Waals surface area (Å²) in [4.78, 5) is 28.1. The molecule has 0 atom stereocenters. The van der Waals surface area contributed by atoms with E-state index in [1.807, 2.05) is 68.4 Å². The van der Waals surface area contributed by atoms with Crippen LogP contribution >= 0.6 is 0 Å². The molecule has 0 aliphatic carbocycles. The average molecular weight is 503 g/mol. The summed E-state index contributed by atoms with van der Waals surface area (Å²) in [5, 5.41) is 7.82. The number of amides is 2. The van der Waals surface area contributed by atoms with E-state index in [9.17, 15) is 9.59 Å². The zero-order chi connectivity index (χ0) is 27.0. The number of hydrogen-bond acceptors (Lipinski definition) is 3. The Hall–Kier alpha value is -3.41. The lowest BCUT2D eigenvalue weighted by Gasteiger charge is -2.22. The largest absolute Gasteiger partial charge is 0.329 e. The van der Waals surface area contributed by atoms with Crippen LogP contribution in [0.3, 0.4) is 0 Å². The molecule has 0 radical (unpaired) electrons. The average Bonchev–Trinajstić information content (AvgIpc) is 3.28. The molecule has 0 aliphatic rings. The van der Waals surface area contributed by atoms with Crippen LogP contribution in [0, 0.1) is 6.92 Å². The molecule has 1 N–H and O–H groups in total. The molecule has 3 rings (SSSR count). The van der Waals surface area contributed by atoms with Gasteiger partial charge in [0.15, 0.2) is 0 Å². The minimum Gasteiger partial charge on any atom is -0.329 e. The van der Waals surface area contributed by atoms with E-state index in [1.165, 1.54) is 18.4 Å². The van der Waals surface area contributed by atoms with E-state index in [1.54, 1.807) is 9.58 Å². The minimum atomic E-state index is -0.243. The Bertz CT molecular complexity index is 1190. The highest BCUT2D eigenvalue weighted by molar-refractivity contribution is 5.99. The second-order valence-corrected chi connectivity index (χ2v) is 10.8. The zero-order valence-corrected chi connectivity index (χ0v) is 23.3. The van der Waals surface area contributed by atoms with Crippen LogP contribution < -0.4 is 5.32 Å². The molecule has 37 heavy (non-hydrogen) atoms. The summed E-state index contributed by atoms with van der Waals surface area (Å²) in [5.41, 5.74) is 4.54. The van der Waals surface area contributed by atoms with E-state index in [-0.39, 0.29) is 23.8 Å². The van der Waals surface area contributed by atoms with Crippen molar-refractivity contribution in [2.75, 3.05) is 18.4 Å². The number of carbonyl (C=O) groups is 2. The number of benzene rings is 2. The van der Waals surface area contributed by atoms with Crippen molar-refractivity contribution >= 4 is 17.6 Å². The maximum atomic E-state index is 13.3. The summed E-state index contributed by atoms with van der Waals surface area (Å²) >= 11 is 0. The standard InChI is InChI=1S/C31H42N4O2/c1-7-9-10-13-24-15-17-25(18-16-24)30(37)34(19-8-2)22-29(36)32-28-21-27(31(4,5)6)33-35(28)26-14-11-12-23(3)20-26/h11-12,14-18,20-21H,7-10,13,19,22H2,1-6H3,(H,32,36). The third-order valence-corrected chi connectivity index (χ3v) is 6.38. The van der Waals surface area contributed by atoms with E-state index in [4.69, 9.17) is 5.10 Å². The van der Waals surface area contributed by atoms with Gasteiger partial charge in [0.2, 0.25) is 5.91 Å². The highest BCUT2D eigenvalue weighted by Crippen LogP contribution is 2.26. The third-order valence-electron chi connectivity index (χ3n) is 6.38. The van der Waals surface area contributed by atoms with Crippen LogP contribution in [0.25, 0.3) is 5.69 Å². The maximum absolute atomic E-state index is 13.3. The fraction of sp³-hybridized carbons (Fsp3) is 0.452. The molecule has 2 aromatic carbocycles. The number of unbranched alkanes of at least 4 members (excludes halogenated alkanes) is 2. The van der Waals surface area contributed by atoms with Gasteiger partial charge in [0, 0.05) is 23.6 Å². The van der Waals surface area contributed by atoms with E-state index < -0.39 is 0 Å². The molecule has 2 amide bonds. The van der Waals surface area contributed by atoms with Gasteiger partial charge in [0.25, 0.3) is 5.91 Å². The molecular formula is C31H42N4O2. The van der Waals surface area contributed by atoms with Gasteiger partial charge in [-0.05, 0) is 61.6 Å². The molecule has 6 heteroatoms. The minimum absolute atomic E-state index is 0.0191. The Morgan fingerprint density at radius 1 is 0.973 bits per heavy atom. The normalized spacial score (nSPS) is 11.4. The number of hydrogen-bond donors (Lipinski definition) is 1. The molecule has 6 nitrogen and oxygen atoms in total. The molecule has 0 unspecified atom stereocenters. The van der Waals surface area contributed by atoms with Crippen molar-refractivity contribution in [1.82, 2.24) is 14.7 Å². The molecule has 0 fully saturated rings. The molecule has 0 bridgehead atoms. The van der Waals surface area contributed by atoms with Crippen LogP contribution in [-0.4, -0.2) is 39.6 Å². The molecule has 1 aromatic heterocycles. The number of nitrogens with zero attached hydrogens (tertiary/aromatic N) is 3. The van der Waals surface area contributed by atoms with Crippen LogP contribution in [0.15, 0.2) is 54.6 Å². The van der Waals surface area contributed by atoms with Gasteiger partial charge in [-0.25, -0.2) is 4.68 Å². The second kappa shape index (κ2) is 12.7. The number of carbonyl (C=O) groups excluding carboxylic acids is 2. The Kier molecular flexibility index (Phi) is 9.67. The van der Waals surface area contributed by atoms with Gasteiger partial charge in [-0.1, -0.05) is 71.7 Å². The monoisotopic (exact) mass is 502 g/mol. The maximum Gasteiger partial charge on any atom is 0.254 e. The van der Waals surface area contributed by atoms with Crippen LogP contribution in [0.1, 0.15) is 87.5 Å². The molecule has 198 valence electrons. The van der Waals surface area contributed by atoms with Crippen molar-refractivity contribution in [3.63, 3.8) is 0 Å². The third kappa shape index (κ3) is 7.78. The van der Waals surface area contributed by atoms with Crippen LogP contribution in [0.5, 0.6) is 0 Å². The van der Waals surface area contributed by atoms with E-state index in [0.29, 0.717) is 17.9 Å². The predicted octanol–water partition coefficient (Wildman–Crippen LogP) is 6.70. The number of aryl methyl sites for hydroxylation is 2. The summed E-state index contributed by atoms with van der Waals surface area (Å²) in [7, 11) is 0. The van der Waals surface area contributed by atoms with Gasteiger partial charge in [-0.15, -0.1) is 0 Å². The van der Waals surface area contributed by atoms with Gasteiger partial charge in [0.1, 0.15) is 12.4 Å². The first-order valence-electron chi connectivity index (χ1n) is 13.5. The van der Waals surface area contributed by atoms with E-state index in [2.05, 4.69) is 33.0 Å². The van der Waals surface area contributed by atoms with Crippen LogP contribution in [0.4, 0.5) is 5.82 Å². The molecule has 0 spiro atoms. The lowest BCUT2D eigenvalue weighted by molar-refractivity contribution is -0.116. The topological polar surface area (TPSA) is 67.2 Å². The summed E-state index contributed by atoms with van der Waals surface area (Å²) in [5.74, 6) is 0.229. The fourth-order valence-electron chi connectivity index (χ4n) is 4.25. The molecule has 1 heterocycles. The predicted molar refractivity (Wildman–Crippen MR) is 151 cm³/mol. The number of anilines is 1. The van der Waals surface area contributed by atoms with Crippen molar-refractivity contribution in [2.45, 2.75) is 79.1 Å². The van der Waals surface area contributed by atoms with Crippen molar-refractivity contribution in [1.29, 1.82) is 0 Å². The number of rotatable bonds is 11. The Morgan fingerprint density at radius 3 is 2.32 bits per heavy atom. The lowest BCUT2D eigenvalue weighted by Crippen LogP contribution is -2.38. The molecule has 0 saturated carbocycles. The van der Waals surface area contributed by atoms with E-state index in [0.717, 1.165) is 36.2 Å². The SMILES string of the molecule is CCCCCc1ccc(C(=O)N(CCC)CC(=O)Nc2cc(C(C)(C)C)nn2-c2cccc(C)c2)cc1. The van der Waals surface area contributed by atoms with Crippen LogP contribution in [-0.2, 0) is 16.6 Å². The van der Waals surface area contributed by atoms with Gasteiger partial charge in [-0.2, -0.15) is 5.10 Å². The Balaban J connectivity index is 1.77. The molecule has 0 saturated heterocycles. The first-order chi connectivity index (χ1) is 17.6. The van der Waals surface area contributed by atoms with Crippen molar-refractivity contribution < 1.29 is 9.59 Å².